The number of carbonyl (C=O) groups excluding carboxylic acids is 1. The van der Waals surface area contributed by atoms with Crippen LogP contribution in [0.1, 0.15) is 4.88 Å². The number of rotatable bonds is 1. The number of aliphatic hydroxyl groups is 1. The van der Waals surface area contributed by atoms with Gasteiger partial charge < -0.3 is 9.84 Å². The van der Waals surface area contributed by atoms with Gasteiger partial charge >= 0.3 is 5.97 Å². The molecule has 0 aromatic carbocycles. The predicted octanol–water partition coefficient (Wildman–Crippen LogP) is 1.76. The van der Waals surface area contributed by atoms with E-state index in [1.165, 1.54) is 34.7 Å². The van der Waals surface area contributed by atoms with E-state index in [0.717, 1.165) is 9.77 Å². The zero-order valence-electron chi connectivity index (χ0n) is 8.69. The minimum absolute atomic E-state index is 0.204. The second-order valence-electron chi connectivity index (χ2n) is 3.41. The van der Waals surface area contributed by atoms with E-state index in [1.54, 1.807) is 7.05 Å². The van der Waals surface area contributed by atoms with Gasteiger partial charge in [0.05, 0.1) is 11.4 Å². The minimum Gasteiger partial charge on any atom is -0.466 e. The molecule has 1 aromatic heterocycles. The van der Waals surface area contributed by atoms with Crippen molar-refractivity contribution < 1.29 is 14.6 Å². The highest BCUT2D eigenvalue weighted by Crippen LogP contribution is 2.44. The van der Waals surface area contributed by atoms with Gasteiger partial charge in [0.2, 0.25) is 5.72 Å². The summed E-state index contributed by atoms with van der Waals surface area (Å²) in [6, 6.07) is 1.83. The smallest absolute Gasteiger partial charge is 0.354 e. The lowest BCUT2D eigenvalue weighted by molar-refractivity contribution is -0.174. The van der Waals surface area contributed by atoms with Crippen LogP contribution in [0.25, 0.3) is 0 Å². The first-order chi connectivity index (χ1) is 7.47. The van der Waals surface area contributed by atoms with Gasteiger partial charge in [0.25, 0.3) is 0 Å². The summed E-state index contributed by atoms with van der Waals surface area (Å²) in [5.41, 5.74) is -1.61. The number of halogens is 1. The van der Waals surface area contributed by atoms with Crippen LogP contribution in [0.3, 0.4) is 0 Å². The third-order valence-electron chi connectivity index (χ3n) is 2.42. The minimum atomic E-state index is -1.61. The Hall–Kier alpha value is -0.270. The highest BCUT2D eigenvalue weighted by Gasteiger charge is 2.46. The Labute approximate surface area is 106 Å². The van der Waals surface area contributed by atoms with Gasteiger partial charge in [-0.05, 0) is 18.0 Å². The second kappa shape index (κ2) is 4.19. The maximum absolute atomic E-state index is 11.6. The maximum Gasteiger partial charge on any atom is 0.354 e. The van der Waals surface area contributed by atoms with Crippen LogP contribution >= 0.6 is 34.9 Å². The summed E-state index contributed by atoms with van der Waals surface area (Å²) in [6.45, 7) is 0. The molecule has 0 aliphatic carbocycles. The standard InChI is InChI=1S/C9H10ClNO3S2/c1-11-9(13,8(12)14-2)4-6-5(16-11)3-7(10)15-6/h3,13H,4H2,1-2H3. The molecule has 0 radical (unpaired) electrons. The van der Waals surface area contributed by atoms with Gasteiger partial charge in [-0.15, -0.1) is 11.3 Å². The van der Waals surface area contributed by atoms with E-state index < -0.39 is 11.7 Å². The molecule has 0 amide bonds. The van der Waals surface area contributed by atoms with Gasteiger partial charge in [0, 0.05) is 23.2 Å². The Morgan fingerprint density at radius 3 is 3.06 bits per heavy atom. The van der Waals surface area contributed by atoms with Gasteiger partial charge in [0.15, 0.2) is 0 Å². The maximum atomic E-state index is 11.6. The number of ether oxygens (including phenoxy) is 1. The summed E-state index contributed by atoms with van der Waals surface area (Å²) >= 11 is 8.56. The number of esters is 1. The fourth-order valence-corrected chi connectivity index (χ4v) is 4.04. The van der Waals surface area contributed by atoms with Gasteiger partial charge in [-0.2, -0.15) is 0 Å². The number of fused-ring (bicyclic) bond motifs is 1. The van der Waals surface area contributed by atoms with Crippen molar-refractivity contribution in [3.63, 3.8) is 0 Å². The van der Waals surface area contributed by atoms with Crippen LogP contribution in [0, 0.1) is 0 Å². The number of carbonyl (C=O) groups is 1. The summed E-state index contributed by atoms with van der Waals surface area (Å²) in [5.74, 6) is -0.655. The fourth-order valence-electron chi connectivity index (χ4n) is 1.50. The number of likely N-dealkylation sites (N-methyl/N-ethyl adjacent to an activating group) is 1. The Morgan fingerprint density at radius 2 is 2.44 bits per heavy atom. The third kappa shape index (κ3) is 1.84. The molecule has 4 nitrogen and oxygen atoms in total. The molecule has 1 aromatic rings. The molecule has 16 heavy (non-hydrogen) atoms. The molecule has 2 heterocycles. The van der Waals surface area contributed by atoms with Gasteiger partial charge in [-0.1, -0.05) is 11.6 Å². The van der Waals surface area contributed by atoms with Gasteiger partial charge in [-0.25, -0.2) is 9.10 Å². The van der Waals surface area contributed by atoms with Crippen LogP contribution in [-0.2, 0) is 16.0 Å². The van der Waals surface area contributed by atoms with Gasteiger partial charge in [-0.3, -0.25) is 0 Å². The van der Waals surface area contributed by atoms with Crippen molar-refractivity contribution in [1.82, 2.24) is 4.31 Å². The van der Waals surface area contributed by atoms with E-state index in [0.29, 0.717) is 4.34 Å². The molecule has 1 unspecified atom stereocenters. The van der Waals surface area contributed by atoms with Crippen molar-refractivity contribution in [1.29, 1.82) is 0 Å². The molecule has 2 rings (SSSR count). The molecule has 1 aliphatic heterocycles. The van der Waals surface area contributed by atoms with E-state index in [9.17, 15) is 9.90 Å². The van der Waals surface area contributed by atoms with Crippen LogP contribution in [0.4, 0.5) is 0 Å². The van der Waals surface area contributed by atoms with E-state index >= 15 is 0 Å². The Balaban J connectivity index is 2.36. The second-order valence-corrected chi connectivity index (χ2v) is 6.35. The van der Waals surface area contributed by atoms with Crippen molar-refractivity contribution in [3.05, 3.63) is 15.3 Å². The molecule has 1 N–H and O–H groups in total. The number of hydrogen-bond acceptors (Lipinski definition) is 6. The quantitative estimate of drug-likeness (QED) is 0.627. The zero-order valence-corrected chi connectivity index (χ0v) is 11.1. The highest BCUT2D eigenvalue weighted by molar-refractivity contribution is 7.97. The van der Waals surface area contributed by atoms with E-state index in [1.807, 2.05) is 6.07 Å². The van der Waals surface area contributed by atoms with Crippen molar-refractivity contribution in [3.8, 4) is 0 Å². The summed E-state index contributed by atoms with van der Waals surface area (Å²) < 4.78 is 6.76. The Morgan fingerprint density at radius 1 is 1.75 bits per heavy atom. The summed E-state index contributed by atoms with van der Waals surface area (Å²) in [5, 5.41) is 10.3. The SMILES string of the molecule is COC(=O)C1(O)Cc2sc(Cl)cc2SN1C. The fraction of sp³-hybridized carbons (Fsp3) is 0.444. The van der Waals surface area contributed by atoms with Crippen molar-refractivity contribution in [2.24, 2.45) is 0 Å². The molecule has 0 saturated carbocycles. The Kier molecular flexibility index (Phi) is 3.20. The zero-order chi connectivity index (χ0) is 11.9. The van der Waals surface area contributed by atoms with E-state index in [-0.39, 0.29) is 6.42 Å². The average molecular weight is 280 g/mol. The average Bonchev–Trinajstić information content (AvgIpc) is 2.57. The first-order valence-corrected chi connectivity index (χ1v) is 6.45. The monoisotopic (exact) mass is 279 g/mol. The van der Waals surface area contributed by atoms with Crippen LogP contribution in [0.15, 0.2) is 11.0 Å². The van der Waals surface area contributed by atoms with Crippen molar-refractivity contribution in [2.75, 3.05) is 14.2 Å². The van der Waals surface area contributed by atoms with E-state index in [2.05, 4.69) is 4.74 Å². The summed E-state index contributed by atoms with van der Waals surface area (Å²) in [7, 11) is 2.91. The molecule has 0 bridgehead atoms. The van der Waals surface area contributed by atoms with Crippen LogP contribution in [-0.4, -0.2) is 35.3 Å². The van der Waals surface area contributed by atoms with E-state index in [4.69, 9.17) is 11.6 Å². The van der Waals surface area contributed by atoms with Crippen LogP contribution in [0.5, 0.6) is 0 Å². The van der Waals surface area contributed by atoms with Crippen LogP contribution in [0.2, 0.25) is 4.34 Å². The molecule has 1 atom stereocenters. The normalized spacial score (nSPS) is 25.2. The lowest BCUT2D eigenvalue weighted by Gasteiger charge is -2.36. The Bertz CT molecular complexity index is 436. The van der Waals surface area contributed by atoms with Gasteiger partial charge in [0.1, 0.15) is 0 Å². The molecule has 0 fully saturated rings. The summed E-state index contributed by atoms with van der Waals surface area (Å²) in [4.78, 5) is 13.4. The van der Waals surface area contributed by atoms with Crippen molar-refractivity contribution in [2.45, 2.75) is 17.0 Å². The number of thiophene rings is 1. The lowest BCUT2D eigenvalue weighted by atomic mass is 10.1. The molecule has 0 saturated heterocycles. The number of nitrogens with zero attached hydrogens (tertiary/aromatic N) is 1. The lowest BCUT2D eigenvalue weighted by Crippen LogP contribution is -2.53. The molecule has 88 valence electrons. The largest absolute Gasteiger partial charge is 0.466 e. The predicted molar refractivity (Wildman–Crippen MR) is 63.6 cm³/mol. The topological polar surface area (TPSA) is 49.8 Å². The van der Waals surface area contributed by atoms with Crippen molar-refractivity contribution >= 4 is 40.9 Å². The van der Waals surface area contributed by atoms with Crippen LogP contribution < -0.4 is 0 Å². The molecular formula is C9H10ClNO3S2. The first-order valence-electron chi connectivity index (χ1n) is 4.48. The molecule has 0 spiro atoms. The molecule has 7 heteroatoms. The first kappa shape index (κ1) is 12.2. The third-order valence-corrected chi connectivity index (χ3v) is 4.95. The summed E-state index contributed by atoms with van der Waals surface area (Å²) in [6.07, 6.45) is 0.204. The number of methoxy groups -OCH3 is 1. The molecular weight excluding hydrogens is 270 g/mol. The number of hydrogen-bond donors (Lipinski definition) is 1. The molecule has 1 aliphatic rings. The highest BCUT2D eigenvalue weighted by atomic mass is 35.5.